The third-order valence-corrected chi connectivity index (χ3v) is 3.87. The normalized spacial score (nSPS) is 28.1. The van der Waals surface area contributed by atoms with Gasteiger partial charge in [-0.3, -0.25) is 0 Å². The van der Waals surface area contributed by atoms with Gasteiger partial charge in [0.25, 0.3) is 0 Å². The molecule has 100 valence electrons. The van der Waals surface area contributed by atoms with E-state index >= 15 is 0 Å². The number of benzene rings is 1. The number of aliphatic hydroxyl groups excluding tert-OH is 1. The van der Waals surface area contributed by atoms with Gasteiger partial charge in [0, 0.05) is 12.2 Å². The smallest absolute Gasteiger partial charge is 0.129 e. The number of ether oxygens (including phenoxy) is 1. The molecule has 2 rings (SSSR count). The Morgan fingerprint density at radius 2 is 2.06 bits per heavy atom. The molecule has 0 radical (unpaired) electrons. The highest BCUT2D eigenvalue weighted by molar-refractivity contribution is 5.34. The fourth-order valence-corrected chi connectivity index (χ4v) is 2.60. The SMILES string of the molecule is COc1ccc(F)c([C@]2(O)CC[C@H](CO)CC2)c1. The van der Waals surface area contributed by atoms with Crippen LogP contribution in [0.1, 0.15) is 31.2 Å². The van der Waals surface area contributed by atoms with Crippen molar-refractivity contribution in [2.24, 2.45) is 5.92 Å². The summed E-state index contributed by atoms with van der Waals surface area (Å²) in [7, 11) is 1.52. The molecule has 0 saturated heterocycles. The van der Waals surface area contributed by atoms with E-state index in [1.165, 1.54) is 13.2 Å². The van der Waals surface area contributed by atoms with Crippen molar-refractivity contribution >= 4 is 0 Å². The van der Waals surface area contributed by atoms with E-state index in [0.29, 0.717) is 37.0 Å². The minimum atomic E-state index is -1.13. The van der Waals surface area contributed by atoms with Gasteiger partial charge in [0.2, 0.25) is 0 Å². The monoisotopic (exact) mass is 254 g/mol. The minimum absolute atomic E-state index is 0.136. The van der Waals surface area contributed by atoms with Crippen LogP contribution in [0.5, 0.6) is 5.75 Å². The summed E-state index contributed by atoms with van der Waals surface area (Å²) in [6, 6.07) is 4.43. The van der Waals surface area contributed by atoms with Gasteiger partial charge in [-0.25, -0.2) is 4.39 Å². The fourth-order valence-electron chi connectivity index (χ4n) is 2.60. The van der Waals surface area contributed by atoms with Crippen LogP contribution >= 0.6 is 0 Å². The van der Waals surface area contributed by atoms with E-state index in [4.69, 9.17) is 9.84 Å². The first kappa shape index (κ1) is 13.3. The second-order valence-electron chi connectivity index (χ2n) is 5.00. The summed E-state index contributed by atoms with van der Waals surface area (Å²) in [5, 5.41) is 19.7. The van der Waals surface area contributed by atoms with Crippen LogP contribution < -0.4 is 4.74 Å². The maximum absolute atomic E-state index is 13.8. The largest absolute Gasteiger partial charge is 0.497 e. The number of hydrogen-bond donors (Lipinski definition) is 2. The van der Waals surface area contributed by atoms with Crippen LogP contribution in [-0.2, 0) is 5.60 Å². The van der Waals surface area contributed by atoms with Crippen LogP contribution in [0, 0.1) is 11.7 Å². The summed E-state index contributed by atoms with van der Waals surface area (Å²) in [5.41, 5.74) is -0.831. The van der Waals surface area contributed by atoms with Crippen LogP contribution in [0.2, 0.25) is 0 Å². The fraction of sp³-hybridized carbons (Fsp3) is 0.571. The zero-order valence-corrected chi connectivity index (χ0v) is 10.5. The molecule has 1 saturated carbocycles. The summed E-state index contributed by atoms with van der Waals surface area (Å²) in [4.78, 5) is 0. The quantitative estimate of drug-likeness (QED) is 0.869. The number of rotatable bonds is 3. The first-order valence-corrected chi connectivity index (χ1v) is 6.26. The number of hydrogen-bond acceptors (Lipinski definition) is 3. The molecule has 1 fully saturated rings. The molecular weight excluding hydrogens is 235 g/mol. The van der Waals surface area contributed by atoms with Crippen molar-refractivity contribution in [2.75, 3.05) is 13.7 Å². The molecule has 18 heavy (non-hydrogen) atoms. The first-order chi connectivity index (χ1) is 8.59. The summed E-state index contributed by atoms with van der Waals surface area (Å²) in [5.74, 6) is 0.365. The highest BCUT2D eigenvalue weighted by Crippen LogP contribution is 2.41. The van der Waals surface area contributed by atoms with Gasteiger partial charge >= 0.3 is 0 Å². The van der Waals surface area contributed by atoms with Gasteiger partial charge in [0.15, 0.2) is 0 Å². The Kier molecular flexibility index (Phi) is 3.88. The van der Waals surface area contributed by atoms with Gasteiger partial charge in [-0.1, -0.05) is 0 Å². The van der Waals surface area contributed by atoms with Gasteiger partial charge in [-0.05, 0) is 49.8 Å². The number of aliphatic hydroxyl groups is 2. The zero-order chi connectivity index (χ0) is 13.2. The van der Waals surface area contributed by atoms with E-state index in [2.05, 4.69) is 0 Å². The van der Waals surface area contributed by atoms with E-state index in [1.54, 1.807) is 12.1 Å². The molecule has 4 heteroatoms. The summed E-state index contributed by atoms with van der Waals surface area (Å²) < 4.78 is 18.9. The lowest BCUT2D eigenvalue weighted by atomic mass is 9.75. The van der Waals surface area contributed by atoms with Crippen LogP contribution in [0.15, 0.2) is 18.2 Å². The number of methoxy groups -OCH3 is 1. The second-order valence-corrected chi connectivity index (χ2v) is 5.00. The van der Waals surface area contributed by atoms with Gasteiger partial charge in [0.1, 0.15) is 11.6 Å². The van der Waals surface area contributed by atoms with Crippen LogP contribution in [0.3, 0.4) is 0 Å². The van der Waals surface area contributed by atoms with E-state index in [1.807, 2.05) is 0 Å². The molecule has 0 unspecified atom stereocenters. The Morgan fingerprint density at radius 3 is 2.61 bits per heavy atom. The van der Waals surface area contributed by atoms with Crippen molar-refractivity contribution in [1.29, 1.82) is 0 Å². The third kappa shape index (κ3) is 2.49. The predicted molar refractivity (Wildman–Crippen MR) is 65.9 cm³/mol. The van der Waals surface area contributed by atoms with Crippen molar-refractivity contribution in [1.82, 2.24) is 0 Å². The summed E-state index contributed by atoms with van der Waals surface area (Å²) in [6.07, 6.45) is 2.37. The van der Waals surface area contributed by atoms with E-state index in [0.717, 1.165) is 0 Å². The lowest BCUT2D eigenvalue weighted by Gasteiger charge is -2.36. The molecular formula is C14H19FO3. The Balaban J connectivity index is 2.25. The van der Waals surface area contributed by atoms with Crippen molar-refractivity contribution in [2.45, 2.75) is 31.3 Å². The predicted octanol–water partition coefficient (Wildman–Crippen LogP) is 2.20. The van der Waals surface area contributed by atoms with E-state index in [9.17, 15) is 9.50 Å². The molecule has 1 aliphatic rings. The molecule has 0 heterocycles. The Labute approximate surface area is 106 Å². The average molecular weight is 254 g/mol. The van der Waals surface area contributed by atoms with Crippen molar-refractivity contribution in [3.8, 4) is 5.75 Å². The topological polar surface area (TPSA) is 49.7 Å². The summed E-state index contributed by atoms with van der Waals surface area (Å²) in [6.45, 7) is 0.136. The Morgan fingerprint density at radius 1 is 1.39 bits per heavy atom. The maximum Gasteiger partial charge on any atom is 0.129 e. The van der Waals surface area contributed by atoms with Crippen LogP contribution in [0.4, 0.5) is 4.39 Å². The Bertz CT molecular complexity index is 412. The Hall–Kier alpha value is -1.13. The molecule has 0 atom stereocenters. The van der Waals surface area contributed by atoms with Gasteiger partial charge in [-0.2, -0.15) is 0 Å². The summed E-state index contributed by atoms with van der Waals surface area (Å²) >= 11 is 0. The van der Waals surface area contributed by atoms with Crippen molar-refractivity contribution in [3.63, 3.8) is 0 Å². The third-order valence-electron chi connectivity index (χ3n) is 3.87. The van der Waals surface area contributed by atoms with Gasteiger partial charge < -0.3 is 14.9 Å². The van der Waals surface area contributed by atoms with Crippen LogP contribution in [-0.4, -0.2) is 23.9 Å². The molecule has 1 aromatic carbocycles. The minimum Gasteiger partial charge on any atom is -0.497 e. The molecule has 0 amide bonds. The van der Waals surface area contributed by atoms with Crippen LogP contribution in [0.25, 0.3) is 0 Å². The highest BCUT2D eigenvalue weighted by atomic mass is 19.1. The second kappa shape index (κ2) is 5.24. The highest BCUT2D eigenvalue weighted by Gasteiger charge is 2.36. The molecule has 0 bridgehead atoms. The molecule has 1 aliphatic carbocycles. The maximum atomic E-state index is 13.8. The van der Waals surface area contributed by atoms with Gasteiger partial charge in [-0.15, -0.1) is 0 Å². The van der Waals surface area contributed by atoms with Gasteiger partial charge in [0.05, 0.1) is 12.7 Å². The standard InChI is InChI=1S/C14H19FO3/c1-18-11-2-3-13(15)12(8-11)14(17)6-4-10(9-16)5-7-14/h2-3,8,10,16-17H,4-7,9H2,1H3/t10-,14-. The van der Waals surface area contributed by atoms with E-state index in [-0.39, 0.29) is 12.5 Å². The average Bonchev–Trinajstić information content (AvgIpc) is 2.40. The molecule has 1 aromatic rings. The van der Waals surface area contributed by atoms with E-state index < -0.39 is 11.4 Å². The lowest BCUT2D eigenvalue weighted by Crippen LogP contribution is -2.33. The molecule has 0 aliphatic heterocycles. The number of halogens is 1. The van der Waals surface area contributed by atoms with Crippen molar-refractivity contribution < 1.29 is 19.3 Å². The van der Waals surface area contributed by atoms with Crippen molar-refractivity contribution in [3.05, 3.63) is 29.6 Å². The molecule has 2 N–H and O–H groups in total. The zero-order valence-electron chi connectivity index (χ0n) is 10.5. The molecule has 0 spiro atoms. The lowest BCUT2D eigenvalue weighted by molar-refractivity contribution is -0.0239. The first-order valence-electron chi connectivity index (χ1n) is 6.26. The molecule has 3 nitrogen and oxygen atoms in total. The molecule has 0 aromatic heterocycles.